The lowest BCUT2D eigenvalue weighted by molar-refractivity contribution is 0.309. The Morgan fingerprint density at radius 3 is 2.58 bits per heavy atom. The van der Waals surface area contributed by atoms with Crippen LogP contribution in [0.15, 0.2) is 33.2 Å². The Morgan fingerprint density at radius 1 is 1.26 bits per heavy atom. The molecule has 0 saturated heterocycles. The van der Waals surface area contributed by atoms with Crippen molar-refractivity contribution in [2.75, 3.05) is 7.05 Å². The molecular weight excluding hydrogens is 370 g/mol. The number of nitrogens with zero attached hydrogens (tertiary/aromatic N) is 3. The average Bonchev–Trinajstić information content (AvgIpc) is 2.56. The van der Waals surface area contributed by atoms with Crippen molar-refractivity contribution in [2.24, 2.45) is 7.05 Å². The fourth-order valence-electron chi connectivity index (χ4n) is 2.11. The SMILES string of the molecule is Cc1nn(C)c(CN(C)Cc2cccc(Br)c2)c1Br. The highest BCUT2D eigenvalue weighted by Gasteiger charge is 2.12. The maximum atomic E-state index is 4.42. The Labute approximate surface area is 130 Å². The second-order valence-electron chi connectivity index (χ2n) is 4.77. The highest BCUT2D eigenvalue weighted by Crippen LogP contribution is 2.22. The second-order valence-corrected chi connectivity index (χ2v) is 6.48. The van der Waals surface area contributed by atoms with Gasteiger partial charge in [0.1, 0.15) is 0 Å². The molecule has 0 atom stereocenters. The number of aryl methyl sites for hydroxylation is 2. The topological polar surface area (TPSA) is 21.1 Å². The predicted molar refractivity (Wildman–Crippen MR) is 85.0 cm³/mol. The molecule has 0 bridgehead atoms. The molecule has 5 heteroatoms. The lowest BCUT2D eigenvalue weighted by Crippen LogP contribution is -2.19. The number of halogens is 2. The molecule has 3 nitrogen and oxygen atoms in total. The van der Waals surface area contributed by atoms with Crippen LogP contribution in [0.4, 0.5) is 0 Å². The Hall–Kier alpha value is -0.650. The highest BCUT2D eigenvalue weighted by molar-refractivity contribution is 9.10. The molecule has 2 rings (SSSR count). The minimum Gasteiger partial charge on any atom is -0.296 e. The zero-order chi connectivity index (χ0) is 14.0. The van der Waals surface area contributed by atoms with Crippen molar-refractivity contribution >= 4 is 31.9 Å². The first-order valence-corrected chi connectivity index (χ1v) is 7.67. The number of hydrogen-bond donors (Lipinski definition) is 0. The van der Waals surface area contributed by atoms with Gasteiger partial charge in [0.15, 0.2) is 0 Å². The summed E-state index contributed by atoms with van der Waals surface area (Å²) in [5, 5.41) is 4.42. The normalized spacial score (nSPS) is 11.3. The van der Waals surface area contributed by atoms with E-state index >= 15 is 0 Å². The molecule has 0 radical (unpaired) electrons. The zero-order valence-electron chi connectivity index (χ0n) is 11.3. The lowest BCUT2D eigenvalue weighted by Gasteiger charge is -2.17. The minimum atomic E-state index is 0.866. The zero-order valence-corrected chi connectivity index (χ0v) is 14.5. The molecule has 0 aliphatic heterocycles. The molecule has 102 valence electrons. The van der Waals surface area contributed by atoms with E-state index in [0.717, 1.165) is 27.7 Å². The minimum absolute atomic E-state index is 0.866. The first-order valence-electron chi connectivity index (χ1n) is 6.08. The molecule has 2 aromatic rings. The summed E-state index contributed by atoms with van der Waals surface area (Å²) in [4.78, 5) is 2.28. The number of rotatable bonds is 4. The van der Waals surface area contributed by atoms with Crippen LogP contribution in [0.3, 0.4) is 0 Å². The van der Waals surface area contributed by atoms with Crippen molar-refractivity contribution in [2.45, 2.75) is 20.0 Å². The average molecular weight is 387 g/mol. The predicted octanol–water partition coefficient (Wildman–Crippen LogP) is 3.89. The molecule has 0 aliphatic carbocycles. The third kappa shape index (κ3) is 3.68. The summed E-state index contributed by atoms with van der Waals surface area (Å²) in [6.45, 7) is 3.79. The third-order valence-electron chi connectivity index (χ3n) is 3.02. The van der Waals surface area contributed by atoms with Crippen LogP contribution in [0.25, 0.3) is 0 Å². The number of hydrogen-bond acceptors (Lipinski definition) is 2. The standard InChI is InChI=1S/C14H17Br2N3/c1-10-14(16)13(19(3)17-10)9-18(2)8-11-5-4-6-12(15)7-11/h4-7H,8-9H2,1-3H3. The summed E-state index contributed by atoms with van der Waals surface area (Å²) in [7, 11) is 4.11. The van der Waals surface area contributed by atoms with Crippen LogP contribution in [0.1, 0.15) is 17.0 Å². The van der Waals surface area contributed by atoms with Gasteiger partial charge in [-0.15, -0.1) is 0 Å². The van der Waals surface area contributed by atoms with Gasteiger partial charge in [-0.25, -0.2) is 0 Å². The van der Waals surface area contributed by atoms with E-state index in [-0.39, 0.29) is 0 Å². The molecule has 1 aromatic carbocycles. The van der Waals surface area contributed by atoms with Crippen molar-refractivity contribution in [3.63, 3.8) is 0 Å². The van der Waals surface area contributed by atoms with Crippen molar-refractivity contribution in [1.29, 1.82) is 0 Å². The van der Waals surface area contributed by atoms with Gasteiger partial charge >= 0.3 is 0 Å². The van der Waals surface area contributed by atoms with E-state index in [1.54, 1.807) is 0 Å². The molecule has 1 heterocycles. The van der Waals surface area contributed by atoms with E-state index in [0.29, 0.717) is 0 Å². The van der Waals surface area contributed by atoms with Gasteiger partial charge in [-0.1, -0.05) is 28.1 Å². The highest BCUT2D eigenvalue weighted by atomic mass is 79.9. The van der Waals surface area contributed by atoms with Crippen molar-refractivity contribution in [1.82, 2.24) is 14.7 Å². The monoisotopic (exact) mass is 385 g/mol. The van der Waals surface area contributed by atoms with E-state index in [2.05, 4.69) is 67.1 Å². The molecule has 1 aromatic heterocycles. The summed E-state index contributed by atoms with van der Waals surface area (Å²) in [5.41, 5.74) is 3.54. The fourth-order valence-corrected chi connectivity index (χ4v) is 3.02. The maximum Gasteiger partial charge on any atom is 0.0739 e. The molecule has 0 spiro atoms. The maximum absolute atomic E-state index is 4.42. The summed E-state index contributed by atoms with van der Waals surface area (Å²) in [6.07, 6.45) is 0. The molecule has 0 aliphatic rings. The van der Waals surface area contributed by atoms with Crippen LogP contribution in [-0.2, 0) is 20.1 Å². The molecule has 0 unspecified atom stereocenters. The summed E-state index contributed by atoms with van der Waals surface area (Å²) < 4.78 is 4.17. The lowest BCUT2D eigenvalue weighted by atomic mass is 10.2. The molecule has 0 fully saturated rings. The largest absolute Gasteiger partial charge is 0.296 e. The van der Waals surface area contributed by atoms with Crippen LogP contribution < -0.4 is 0 Å². The van der Waals surface area contributed by atoms with Crippen molar-refractivity contribution < 1.29 is 0 Å². The molecule has 0 amide bonds. The van der Waals surface area contributed by atoms with Crippen LogP contribution in [0, 0.1) is 6.92 Å². The third-order valence-corrected chi connectivity index (χ3v) is 4.55. The van der Waals surface area contributed by atoms with Gasteiger partial charge in [0.2, 0.25) is 0 Å². The number of aromatic nitrogens is 2. The smallest absolute Gasteiger partial charge is 0.0739 e. The molecule has 0 saturated carbocycles. The van der Waals surface area contributed by atoms with E-state index in [1.807, 2.05) is 24.7 Å². The summed E-state index contributed by atoms with van der Waals surface area (Å²) in [5.74, 6) is 0. The molecule has 0 N–H and O–H groups in total. The van der Waals surface area contributed by atoms with Crippen molar-refractivity contribution in [3.05, 3.63) is 50.2 Å². The van der Waals surface area contributed by atoms with Crippen LogP contribution in [0.5, 0.6) is 0 Å². The molecular formula is C14H17Br2N3. The first-order chi connectivity index (χ1) is 8.97. The second kappa shape index (κ2) is 6.20. The summed E-state index contributed by atoms with van der Waals surface area (Å²) >= 11 is 7.11. The van der Waals surface area contributed by atoms with Gasteiger partial charge in [0.25, 0.3) is 0 Å². The summed E-state index contributed by atoms with van der Waals surface area (Å²) in [6, 6.07) is 8.41. The molecule has 19 heavy (non-hydrogen) atoms. The van der Waals surface area contributed by atoms with Gasteiger partial charge in [-0.3, -0.25) is 9.58 Å². The van der Waals surface area contributed by atoms with Crippen LogP contribution >= 0.6 is 31.9 Å². The Kier molecular flexibility index (Phi) is 4.81. The fraction of sp³-hybridized carbons (Fsp3) is 0.357. The van der Waals surface area contributed by atoms with Crippen LogP contribution in [0.2, 0.25) is 0 Å². The van der Waals surface area contributed by atoms with Gasteiger partial charge in [-0.2, -0.15) is 5.10 Å². The van der Waals surface area contributed by atoms with E-state index < -0.39 is 0 Å². The van der Waals surface area contributed by atoms with E-state index in [1.165, 1.54) is 11.3 Å². The van der Waals surface area contributed by atoms with Gasteiger partial charge in [-0.05, 0) is 47.6 Å². The number of benzene rings is 1. The Morgan fingerprint density at radius 2 is 2.00 bits per heavy atom. The Balaban J connectivity index is 2.07. The Bertz CT molecular complexity index is 578. The van der Waals surface area contributed by atoms with Crippen molar-refractivity contribution in [3.8, 4) is 0 Å². The van der Waals surface area contributed by atoms with E-state index in [9.17, 15) is 0 Å². The first kappa shape index (κ1) is 14.8. The van der Waals surface area contributed by atoms with Gasteiger partial charge in [0.05, 0.1) is 15.9 Å². The quantitative estimate of drug-likeness (QED) is 0.794. The van der Waals surface area contributed by atoms with Crippen LogP contribution in [-0.4, -0.2) is 21.7 Å². The van der Waals surface area contributed by atoms with Gasteiger partial charge < -0.3 is 0 Å². The van der Waals surface area contributed by atoms with Gasteiger partial charge in [0, 0.05) is 24.6 Å². The van der Waals surface area contributed by atoms with E-state index in [4.69, 9.17) is 0 Å².